The van der Waals surface area contributed by atoms with Gasteiger partial charge in [-0.3, -0.25) is 14.5 Å². The Labute approximate surface area is 203 Å². The van der Waals surface area contributed by atoms with Crippen molar-refractivity contribution in [3.05, 3.63) is 95.1 Å². The van der Waals surface area contributed by atoms with E-state index in [1.807, 2.05) is 49.1 Å². The van der Waals surface area contributed by atoms with Crippen LogP contribution < -0.4 is 9.64 Å². The standard InChI is InChI=1S/C28H25N3O4/c1-28(2)25(32)24(22-16-18(17-29)12-13-23(22)35-28)30(19-8-4-3-5-9-19)14-15-31-26(33)20-10-6-7-11-21(20)27(31)34/h3-13,16,24-25,32H,14-15H2,1-2H3/t24-,25+/m0/s1. The van der Waals surface area contributed by atoms with Crippen LogP contribution in [0.5, 0.6) is 5.75 Å². The molecule has 0 radical (unpaired) electrons. The van der Waals surface area contributed by atoms with Gasteiger partial charge in [0.05, 0.1) is 28.8 Å². The highest BCUT2D eigenvalue weighted by atomic mass is 16.5. The van der Waals surface area contributed by atoms with Gasteiger partial charge in [-0.25, -0.2) is 0 Å². The quantitative estimate of drug-likeness (QED) is 0.572. The van der Waals surface area contributed by atoms with E-state index in [9.17, 15) is 20.0 Å². The normalized spacial score (nSPS) is 20.0. The topological polar surface area (TPSA) is 93.9 Å². The monoisotopic (exact) mass is 467 g/mol. The molecule has 0 fully saturated rings. The number of nitrogens with zero attached hydrogens (tertiary/aromatic N) is 3. The fourth-order valence-electron chi connectivity index (χ4n) is 4.87. The number of para-hydroxylation sites is 1. The number of rotatable bonds is 5. The average Bonchev–Trinajstić information content (AvgIpc) is 3.11. The molecule has 0 saturated heterocycles. The summed E-state index contributed by atoms with van der Waals surface area (Å²) in [5.74, 6) is -0.0526. The maximum Gasteiger partial charge on any atom is 0.261 e. The lowest BCUT2D eigenvalue weighted by molar-refractivity contribution is -0.0588. The predicted octanol–water partition coefficient (Wildman–Crippen LogP) is 3.93. The van der Waals surface area contributed by atoms with Gasteiger partial charge in [0, 0.05) is 24.3 Å². The smallest absolute Gasteiger partial charge is 0.261 e. The summed E-state index contributed by atoms with van der Waals surface area (Å²) in [5.41, 5.74) is 1.85. The van der Waals surface area contributed by atoms with Crippen molar-refractivity contribution >= 4 is 17.5 Å². The van der Waals surface area contributed by atoms with Crippen molar-refractivity contribution in [3.63, 3.8) is 0 Å². The van der Waals surface area contributed by atoms with Crippen LogP contribution in [0.2, 0.25) is 0 Å². The zero-order valence-corrected chi connectivity index (χ0v) is 19.5. The average molecular weight is 468 g/mol. The maximum absolute atomic E-state index is 13.0. The van der Waals surface area contributed by atoms with Crippen LogP contribution in [0.15, 0.2) is 72.8 Å². The van der Waals surface area contributed by atoms with Crippen molar-refractivity contribution in [1.29, 1.82) is 5.26 Å². The lowest BCUT2D eigenvalue weighted by atomic mass is 9.84. The van der Waals surface area contributed by atoms with E-state index in [1.165, 1.54) is 4.90 Å². The number of imide groups is 1. The second-order valence-corrected chi connectivity index (χ2v) is 9.30. The van der Waals surface area contributed by atoms with Gasteiger partial charge in [0.25, 0.3) is 11.8 Å². The van der Waals surface area contributed by atoms with Crippen molar-refractivity contribution in [2.24, 2.45) is 0 Å². The Morgan fingerprint density at radius 1 is 1.00 bits per heavy atom. The number of nitriles is 1. The minimum atomic E-state index is -0.952. The zero-order chi connectivity index (χ0) is 24.7. The molecule has 0 spiro atoms. The van der Waals surface area contributed by atoms with E-state index in [4.69, 9.17) is 4.74 Å². The van der Waals surface area contributed by atoms with Gasteiger partial charge in [0.2, 0.25) is 0 Å². The van der Waals surface area contributed by atoms with Crippen molar-refractivity contribution in [1.82, 2.24) is 4.90 Å². The molecule has 0 unspecified atom stereocenters. The van der Waals surface area contributed by atoms with E-state index in [0.29, 0.717) is 28.0 Å². The molecule has 2 aliphatic heterocycles. The second kappa shape index (κ2) is 8.57. The van der Waals surface area contributed by atoms with Crippen molar-refractivity contribution < 1.29 is 19.4 Å². The Hall–Kier alpha value is -4.15. The number of aliphatic hydroxyl groups excluding tert-OH is 1. The number of amides is 2. The van der Waals surface area contributed by atoms with Gasteiger partial charge >= 0.3 is 0 Å². The summed E-state index contributed by atoms with van der Waals surface area (Å²) in [7, 11) is 0. The molecule has 0 saturated carbocycles. The van der Waals surface area contributed by atoms with E-state index in [0.717, 1.165) is 5.69 Å². The third-order valence-electron chi connectivity index (χ3n) is 6.71. The van der Waals surface area contributed by atoms with Gasteiger partial charge in [0.1, 0.15) is 17.5 Å². The molecule has 2 atom stereocenters. The molecule has 1 N–H and O–H groups in total. The van der Waals surface area contributed by atoms with Crippen LogP contribution in [-0.2, 0) is 0 Å². The molecule has 5 rings (SSSR count). The fraction of sp³-hybridized carbons (Fsp3) is 0.250. The van der Waals surface area contributed by atoms with Crippen LogP contribution in [0.25, 0.3) is 0 Å². The molecule has 2 heterocycles. The highest BCUT2D eigenvalue weighted by molar-refractivity contribution is 6.21. The van der Waals surface area contributed by atoms with Crippen LogP contribution in [0.1, 0.15) is 51.7 Å². The molecule has 2 amide bonds. The van der Waals surface area contributed by atoms with Crippen molar-refractivity contribution in [2.75, 3.05) is 18.0 Å². The van der Waals surface area contributed by atoms with Gasteiger partial charge in [-0.2, -0.15) is 5.26 Å². The van der Waals surface area contributed by atoms with Crippen LogP contribution in [-0.4, -0.2) is 46.6 Å². The van der Waals surface area contributed by atoms with Crippen LogP contribution in [0.3, 0.4) is 0 Å². The summed E-state index contributed by atoms with van der Waals surface area (Å²) in [4.78, 5) is 29.2. The molecule has 0 bridgehead atoms. The molecular weight excluding hydrogens is 442 g/mol. The van der Waals surface area contributed by atoms with Gasteiger partial charge in [-0.15, -0.1) is 0 Å². The van der Waals surface area contributed by atoms with Crippen LogP contribution in [0, 0.1) is 11.3 Å². The zero-order valence-electron chi connectivity index (χ0n) is 19.5. The highest BCUT2D eigenvalue weighted by Gasteiger charge is 2.46. The first-order valence-corrected chi connectivity index (χ1v) is 11.5. The minimum Gasteiger partial charge on any atom is -0.485 e. The van der Waals surface area contributed by atoms with Crippen LogP contribution >= 0.6 is 0 Å². The number of carbonyl (C=O) groups excluding carboxylic acids is 2. The second-order valence-electron chi connectivity index (χ2n) is 9.30. The van der Waals surface area contributed by atoms with Crippen molar-refractivity contribution in [3.8, 4) is 11.8 Å². The molecule has 2 aliphatic rings. The molecular formula is C28H25N3O4. The van der Waals surface area contributed by atoms with Gasteiger partial charge in [-0.1, -0.05) is 30.3 Å². The maximum atomic E-state index is 13.0. The first-order chi connectivity index (χ1) is 16.8. The summed E-state index contributed by atoms with van der Waals surface area (Å²) in [5, 5.41) is 21.0. The van der Waals surface area contributed by atoms with E-state index >= 15 is 0 Å². The summed E-state index contributed by atoms with van der Waals surface area (Å²) in [6.07, 6.45) is -0.952. The Morgan fingerprint density at radius 2 is 1.63 bits per heavy atom. The minimum absolute atomic E-state index is 0.138. The molecule has 0 aliphatic carbocycles. The number of hydrogen-bond donors (Lipinski definition) is 1. The van der Waals surface area contributed by atoms with Gasteiger partial charge < -0.3 is 14.7 Å². The van der Waals surface area contributed by atoms with E-state index in [-0.39, 0.29) is 24.9 Å². The number of ether oxygens (including phenoxy) is 1. The third kappa shape index (κ3) is 3.82. The molecule has 0 aromatic heterocycles. The summed E-state index contributed by atoms with van der Waals surface area (Å²) in [6, 6.07) is 23.1. The molecule has 7 heteroatoms. The Kier molecular flexibility index (Phi) is 5.54. The Balaban J connectivity index is 1.54. The number of benzene rings is 3. The number of carbonyl (C=O) groups is 2. The number of fused-ring (bicyclic) bond motifs is 2. The molecule has 7 nitrogen and oxygen atoms in total. The van der Waals surface area contributed by atoms with Crippen LogP contribution in [0.4, 0.5) is 5.69 Å². The van der Waals surface area contributed by atoms with E-state index in [1.54, 1.807) is 42.5 Å². The van der Waals surface area contributed by atoms with Gasteiger partial charge in [-0.05, 0) is 56.3 Å². The Morgan fingerprint density at radius 3 is 2.26 bits per heavy atom. The Bertz CT molecular complexity index is 1310. The predicted molar refractivity (Wildman–Crippen MR) is 130 cm³/mol. The van der Waals surface area contributed by atoms with E-state index < -0.39 is 17.7 Å². The molecule has 35 heavy (non-hydrogen) atoms. The molecule has 3 aromatic carbocycles. The summed E-state index contributed by atoms with van der Waals surface area (Å²) in [6.45, 7) is 4.06. The summed E-state index contributed by atoms with van der Waals surface area (Å²) >= 11 is 0. The first kappa shape index (κ1) is 22.6. The molecule has 3 aromatic rings. The molecule has 176 valence electrons. The largest absolute Gasteiger partial charge is 0.485 e. The van der Waals surface area contributed by atoms with Crippen molar-refractivity contribution in [2.45, 2.75) is 31.6 Å². The number of hydrogen-bond acceptors (Lipinski definition) is 6. The van der Waals surface area contributed by atoms with E-state index in [2.05, 4.69) is 6.07 Å². The number of aliphatic hydroxyl groups is 1. The lowest BCUT2D eigenvalue weighted by Crippen LogP contribution is -2.54. The first-order valence-electron chi connectivity index (χ1n) is 11.5. The van der Waals surface area contributed by atoms with Gasteiger partial charge in [0.15, 0.2) is 0 Å². The highest BCUT2D eigenvalue weighted by Crippen LogP contribution is 2.44. The summed E-state index contributed by atoms with van der Waals surface area (Å²) < 4.78 is 6.10. The SMILES string of the molecule is CC1(C)Oc2ccc(C#N)cc2[C@H](N(CCN2C(=O)c3ccccc3C2=O)c2ccccc2)[C@H]1O. The lowest BCUT2D eigenvalue weighted by Gasteiger charge is -2.47. The fourth-order valence-corrected chi connectivity index (χ4v) is 4.87. The number of anilines is 1. The third-order valence-corrected chi connectivity index (χ3v) is 6.71.